The quantitative estimate of drug-likeness (QED) is 0.852. The summed E-state index contributed by atoms with van der Waals surface area (Å²) in [5.41, 5.74) is 9.44. The number of aryl methyl sites for hydroxylation is 1. The molecule has 0 radical (unpaired) electrons. The maximum Gasteiger partial charge on any atom is 0.222 e. The number of likely N-dealkylation sites (N-methyl/N-ethyl adjacent to an activating group) is 1. The van der Waals surface area contributed by atoms with E-state index in [2.05, 4.69) is 39.9 Å². The molecule has 1 aromatic rings. The summed E-state index contributed by atoms with van der Waals surface area (Å²) in [6.45, 7) is 6.06. The van der Waals surface area contributed by atoms with Crippen LogP contribution in [-0.4, -0.2) is 62.0 Å². The van der Waals surface area contributed by atoms with Crippen LogP contribution in [0.5, 0.6) is 0 Å². The van der Waals surface area contributed by atoms with Crippen LogP contribution < -0.4 is 10.6 Å². The van der Waals surface area contributed by atoms with Gasteiger partial charge in [-0.1, -0.05) is 18.9 Å². The number of nitrogens with two attached hydrogens (primary N) is 1. The molecule has 0 spiro atoms. The highest BCUT2D eigenvalue weighted by atomic mass is 16.2. The van der Waals surface area contributed by atoms with E-state index >= 15 is 0 Å². The molecule has 0 bridgehead atoms. The smallest absolute Gasteiger partial charge is 0.222 e. The van der Waals surface area contributed by atoms with Gasteiger partial charge in [0.25, 0.3) is 0 Å². The first-order chi connectivity index (χ1) is 12.1. The largest absolute Gasteiger partial charge is 0.397 e. The molecule has 3 rings (SSSR count). The Morgan fingerprint density at radius 2 is 1.68 bits per heavy atom. The summed E-state index contributed by atoms with van der Waals surface area (Å²) in [4.78, 5) is 19.2. The Kier molecular flexibility index (Phi) is 6.19. The van der Waals surface area contributed by atoms with Crippen LogP contribution >= 0.6 is 0 Å². The van der Waals surface area contributed by atoms with E-state index in [9.17, 15) is 4.79 Å². The van der Waals surface area contributed by atoms with Crippen molar-refractivity contribution in [3.63, 3.8) is 0 Å². The molecule has 2 aliphatic heterocycles. The first-order valence-electron chi connectivity index (χ1n) is 9.73. The molecule has 25 heavy (non-hydrogen) atoms. The molecule has 0 aromatic heterocycles. The molecule has 1 amide bonds. The highest BCUT2D eigenvalue weighted by Gasteiger charge is 2.18. The van der Waals surface area contributed by atoms with Gasteiger partial charge in [-0.2, -0.15) is 0 Å². The predicted molar refractivity (Wildman–Crippen MR) is 104 cm³/mol. The average molecular weight is 345 g/mol. The van der Waals surface area contributed by atoms with E-state index in [-0.39, 0.29) is 0 Å². The van der Waals surface area contributed by atoms with Gasteiger partial charge in [-0.25, -0.2) is 0 Å². The molecule has 1 aromatic carbocycles. The minimum absolute atomic E-state index is 0.295. The number of anilines is 2. The number of carbonyl (C=O) groups is 1. The van der Waals surface area contributed by atoms with Crippen molar-refractivity contribution in [2.45, 2.75) is 38.5 Å². The maximum absolute atomic E-state index is 12.4. The Morgan fingerprint density at radius 3 is 2.32 bits per heavy atom. The van der Waals surface area contributed by atoms with Gasteiger partial charge in [0.05, 0.1) is 11.4 Å². The number of benzene rings is 1. The van der Waals surface area contributed by atoms with Gasteiger partial charge >= 0.3 is 0 Å². The fourth-order valence-corrected chi connectivity index (χ4v) is 3.82. The minimum atomic E-state index is 0.295. The number of carbonyl (C=O) groups excluding carboxylic acids is 1. The van der Waals surface area contributed by atoms with Crippen molar-refractivity contribution in [1.29, 1.82) is 0 Å². The lowest BCUT2D eigenvalue weighted by Gasteiger charge is -2.34. The van der Waals surface area contributed by atoms with Crippen molar-refractivity contribution in [1.82, 2.24) is 9.80 Å². The number of hydrogen-bond acceptors (Lipinski definition) is 4. The fraction of sp³-hybridized carbons (Fsp3) is 0.650. The Balaban J connectivity index is 1.54. The monoisotopic (exact) mass is 344 g/mol. The number of piperazine rings is 1. The second kappa shape index (κ2) is 8.56. The first kappa shape index (κ1) is 18.1. The van der Waals surface area contributed by atoms with Gasteiger partial charge in [0.15, 0.2) is 0 Å². The number of rotatable bonds is 4. The van der Waals surface area contributed by atoms with Crippen molar-refractivity contribution in [3.05, 3.63) is 23.8 Å². The van der Waals surface area contributed by atoms with Crippen LogP contribution in [0.25, 0.3) is 0 Å². The summed E-state index contributed by atoms with van der Waals surface area (Å²) >= 11 is 0. The Morgan fingerprint density at radius 1 is 1.00 bits per heavy atom. The molecule has 0 unspecified atom stereocenters. The SMILES string of the molecule is CN1CCN(c2ccc(CCC(=O)N3CCCCCC3)cc2N)CC1. The predicted octanol–water partition coefficient (Wildman–Crippen LogP) is 2.36. The normalized spacial score (nSPS) is 19.7. The minimum Gasteiger partial charge on any atom is -0.397 e. The molecule has 2 heterocycles. The lowest BCUT2D eigenvalue weighted by molar-refractivity contribution is -0.131. The van der Waals surface area contributed by atoms with Gasteiger partial charge in [0.1, 0.15) is 0 Å². The van der Waals surface area contributed by atoms with E-state index in [1.807, 2.05) is 0 Å². The summed E-state index contributed by atoms with van der Waals surface area (Å²) in [7, 11) is 2.16. The zero-order chi connectivity index (χ0) is 17.6. The molecule has 138 valence electrons. The topological polar surface area (TPSA) is 52.8 Å². The van der Waals surface area contributed by atoms with Crippen molar-refractivity contribution >= 4 is 17.3 Å². The number of nitrogens with zero attached hydrogens (tertiary/aromatic N) is 3. The average Bonchev–Trinajstić information content (AvgIpc) is 2.90. The highest BCUT2D eigenvalue weighted by Crippen LogP contribution is 2.26. The van der Waals surface area contributed by atoms with Gasteiger partial charge in [0.2, 0.25) is 5.91 Å². The Hall–Kier alpha value is -1.75. The lowest BCUT2D eigenvalue weighted by Crippen LogP contribution is -2.44. The van der Waals surface area contributed by atoms with E-state index < -0.39 is 0 Å². The van der Waals surface area contributed by atoms with Gasteiger partial charge < -0.3 is 20.4 Å². The molecule has 2 aliphatic rings. The van der Waals surface area contributed by atoms with Crippen molar-refractivity contribution in [2.75, 3.05) is 56.9 Å². The lowest BCUT2D eigenvalue weighted by atomic mass is 10.1. The number of hydrogen-bond donors (Lipinski definition) is 1. The zero-order valence-electron chi connectivity index (χ0n) is 15.5. The van der Waals surface area contributed by atoms with Crippen LogP contribution in [0.15, 0.2) is 18.2 Å². The second-order valence-corrected chi connectivity index (χ2v) is 7.48. The van der Waals surface area contributed by atoms with E-state index in [0.29, 0.717) is 12.3 Å². The number of likely N-dealkylation sites (tertiary alicyclic amines) is 1. The molecule has 2 N–H and O–H groups in total. The Labute approximate surface area is 151 Å². The zero-order valence-corrected chi connectivity index (χ0v) is 15.5. The van der Waals surface area contributed by atoms with E-state index in [1.54, 1.807) is 0 Å². The van der Waals surface area contributed by atoms with Gasteiger partial charge in [0, 0.05) is 45.7 Å². The molecule has 0 saturated carbocycles. The van der Waals surface area contributed by atoms with Crippen molar-refractivity contribution in [3.8, 4) is 0 Å². The molecule has 2 saturated heterocycles. The molecule has 2 fully saturated rings. The number of amides is 1. The fourth-order valence-electron chi connectivity index (χ4n) is 3.82. The molecule has 0 atom stereocenters. The van der Waals surface area contributed by atoms with Gasteiger partial charge in [-0.05, 0) is 44.0 Å². The molecule has 5 heteroatoms. The summed E-state index contributed by atoms with van der Waals surface area (Å²) in [5, 5.41) is 0. The summed E-state index contributed by atoms with van der Waals surface area (Å²) < 4.78 is 0. The summed E-state index contributed by atoms with van der Waals surface area (Å²) in [6.07, 6.45) is 6.19. The third-order valence-electron chi connectivity index (χ3n) is 5.52. The van der Waals surface area contributed by atoms with Crippen molar-refractivity contribution < 1.29 is 4.79 Å². The first-order valence-corrected chi connectivity index (χ1v) is 9.73. The van der Waals surface area contributed by atoms with Crippen molar-refractivity contribution in [2.24, 2.45) is 0 Å². The summed E-state index contributed by atoms with van der Waals surface area (Å²) in [5.74, 6) is 0.295. The molecular formula is C20H32N4O. The van der Waals surface area contributed by atoms with Crippen LogP contribution in [0.3, 0.4) is 0 Å². The van der Waals surface area contributed by atoms with E-state index in [0.717, 1.165) is 69.9 Å². The Bertz CT molecular complexity index is 573. The van der Waals surface area contributed by atoms with Crippen LogP contribution in [0.1, 0.15) is 37.7 Å². The third-order valence-corrected chi connectivity index (χ3v) is 5.52. The molecule has 5 nitrogen and oxygen atoms in total. The van der Waals surface area contributed by atoms with Gasteiger partial charge in [-0.3, -0.25) is 4.79 Å². The third kappa shape index (κ3) is 4.88. The molecule has 0 aliphatic carbocycles. The van der Waals surface area contributed by atoms with E-state index in [1.165, 1.54) is 18.4 Å². The van der Waals surface area contributed by atoms with Crippen LogP contribution in [0, 0.1) is 0 Å². The maximum atomic E-state index is 12.4. The molecular weight excluding hydrogens is 312 g/mol. The number of nitrogen functional groups attached to an aromatic ring is 1. The van der Waals surface area contributed by atoms with Gasteiger partial charge in [-0.15, -0.1) is 0 Å². The van der Waals surface area contributed by atoms with Crippen LogP contribution in [0.2, 0.25) is 0 Å². The van der Waals surface area contributed by atoms with Crippen LogP contribution in [0.4, 0.5) is 11.4 Å². The van der Waals surface area contributed by atoms with E-state index in [4.69, 9.17) is 5.73 Å². The standard InChI is InChI=1S/C20H32N4O/c1-22-12-14-23(15-13-22)19-8-6-17(16-18(19)21)7-9-20(25)24-10-4-2-3-5-11-24/h6,8,16H,2-5,7,9-15,21H2,1H3. The van der Waals surface area contributed by atoms with Crippen LogP contribution in [-0.2, 0) is 11.2 Å². The summed E-state index contributed by atoms with van der Waals surface area (Å²) in [6, 6.07) is 6.33. The second-order valence-electron chi connectivity index (χ2n) is 7.48. The highest BCUT2D eigenvalue weighted by molar-refractivity contribution is 5.76.